The van der Waals surface area contributed by atoms with Gasteiger partial charge in [-0.15, -0.1) is 24.0 Å². The van der Waals surface area contributed by atoms with Gasteiger partial charge < -0.3 is 29.7 Å². The molecule has 0 radical (unpaired) electrons. The van der Waals surface area contributed by atoms with Gasteiger partial charge in [0.25, 0.3) is 0 Å². The van der Waals surface area contributed by atoms with Crippen molar-refractivity contribution < 1.29 is 14.2 Å². The van der Waals surface area contributed by atoms with Gasteiger partial charge in [-0.2, -0.15) is 0 Å². The largest absolute Gasteiger partial charge is 0.495 e. The number of para-hydroxylation sites is 2. The Labute approximate surface area is 207 Å². The maximum absolute atomic E-state index is 5.80. The third-order valence-electron chi connectivity index (χ3n) is 5.57. The third kappa shape index (κ3) is 6.11. The zero-order chi connectivity index (χ0) is 21.5. The SMILES string of the molecule is CCNC(=NCC1CCN(c2ccccc2OC)C1)Nc1ccc2c(c1)OCCCO2.I. The zero-order valence-electron chi connectivity index (χ0n) is 18.8. The minimum absolute atomic E-state index is 0. The molecule has 1 unspecified atom stereocenters. The highest BCUT2D eigenvalue weighted by atomic mass is 127. The van der Waals surface area contributed by atoms with Gasteiger partial charge in [0.05, 0.1) is 26.0 Å². The molecule has 7 nitrogen and oxygen atoms in total. The van der Waals surface area contributed by atoms with Crippen LogP contribution in [0.25, 0.3) is 0 Å². The lowest BCUT2D eigenvalue weighted by atomic mass is 10.1. The lowest BCUT2D eigenvalue weighted by molar-refractivity contribution is 0.297. The van der Waals surface area contributed by atoms with Crippen LogP contribution in [0.3, 0.4) is 0 Å². The number of benzene rings is 2. The van der Waals surface area contributed by atoms with Crippen molar-refractivity contribution in [3.05, 3.63) is 42.5 Å². The standard InChI is InChI=1S/C24H32N4O3.HI/c1-3-25-24(27-19-9-10-22-23(15-19)31-14-6-13-30-22)26-16-18-11-12-28(17-18)20-7-4-5-8-21(20)29-2;/h4-5,7-10,15,18H,3,6,11-14,16-17H2,1-2H3,(H2,25,26,27);1H. The number of aliphatic imine (C=N–C) groups is 1. The Bertz CT molecular complexity index is 909. The second kappa shape index (κ2) is 12.0. The van der Waals surface area contributed by atoms with E-state index < -0.39 is 0 Å². The van der Waals surface area contributed by atoms with Gasteiger partial charge >= 0.3 is 0 Å². The van der Waals surface area contributed by atoms with Crippen LogP contribution in [0.15, 0.2) is 47.5 Å². The van der Waals surface area contributed by atoms with Crippen LogP contribution in [0.1, 0.15) is 19.8 Å². The first-order valence-electron chi connectivity index (χ1n) is 11.1. The van der Waals surface area contributed by atoms with E-state index in [1.165, 1.54) is 0 Å². The van der Waals surface area contributed by atoms with E-state index in [1.54, 1.807) is 7.11 Å². The second-order valence-corrected chi connectivity index (χ2v) is 7.83. The quantitative estimate of drug-likeness (QED) is 0.315. The van der Waals surface area contributed by atoms with Crippen molar-refractivity contribution in [1.29, 1.82) is 0 Å². The second-order valence-electron chi connectivity index (χ2n) is 7.83. The Hall–Kier alpha value is -2.36. The minimum atomic E-state index is 0. The fourth-order valence-corrected chi connectivity index (χ4v) is 4.00. The molecule has 0 spiro atoms. The Morgan fingerprint density at radius 3 is 2.78 bits per heavy atom. The van der Waals surface area contributed by atoms with Crippen LogP contribution in [0, 0.1) is 5.92 Å². The van der Waals surface area contributed by atoms with Gasteiger partial charge in [-0.05, 0) is 43.5 Å². The number of nitrogens with one attached hydrogen (secondary N) is 2. The first-order chi connectivity index (χ1) is 15.3. The Morgan fingerprint density at radius 1 is 1.16 bits per heavy atom. The fraction of sp³-hybridized carbons (Fsp3) is 0.458. The molecule has 1 fully saturated rings. The summed E-state index contributed by atoms with van der Waals surface area (Å²) in [5, 5.41) is 6.75. The molecular weight excluding hydrogens is 519 g/mol. The third-order valence-corrected chi connectivity index (χ3v) is 5.57. The van der Waals surface area contributed by atoms with Crippen molar-refractivity contribution in [2.75, 3.05) is 56.7 Å². The molecule has 2 aliphatic rings. The van der Waals surface area contributed by atoms with Gasteiger partial charge in [-0.25, -0.2) is 0 Å². The van der Waals surface area contributed by atoms with E-state index in [-0.39, 0.29) is 24.0 Å². The first-order valence-corrected chi connectivity index (χ1v) is 11.1. The van der Waals surface area contributed by atoms with Crippen LogP contribution in [0.2, 0.25) is 0 Å². The van der Waals surface area contributed by atoms with Crippen LogP contribution in [-0.4, -0.2) is 52.5 Å². The molecule has 0 amide bonds. The minimum Gasteiger partial charge on any atom is -0.495 e. The molecule has 2 aliphatic heterocycles. The lowest BCUT2D eigenvalue weighted by Gasteiger charge is -2.21. The number of rotatable bonds is 6. The van der Waals surface area contributed by atoms with E-state index in [0.717, 1.165) is 73.6 Å². The highest BCUT2D eigenvalue weighted by molar-refractivity contribution is 14.0. The van der Waals surface area contributed by atoms with Gasteiger partial charge in [0, 0.05) is 44.4 Å². The highest BCUT2D eigenvalue weighted by Crippen LogP contribution is 2.33. The molecule has 0 saturated carbocycles. The van der Waals surface area contributed by atoms with Crippen LogP contribution in [0.4, 0.5) is 11.4 Å². The number of nitrogens with zero attached hydrogens (tertiary/aromatic N) is 2. The summed E-state index contributed by atoms with van der Waals surface area (Å²) in [5.74, 6) is 3.79. The number of hydrogen-bond acceptors (Lipinski definition) is 5. The van der Waals surface area contributed by atoms with Crippen LogP contribution < -0.4 is 29.7 Å². The summed E-state index contributed by atoms with van der Waals surface area (Å²) in [6.07, 6.45) is 2.01. The molecule has 0 aliphatic carbocycles. The molecule has 0 aromatic heterocycles. The molecule has 32 heavy (non-hydrogen) atoms. The molecule has 2 aromatic rings. The number of methoxy groups -OCH3 is 1. The Morgan fingerprint density at radius 2 is 1.97 bits per heavy atom. The molecule has 1 atom stereocenters. The number of hydrogen-bond donors (Lipinski definition) is 2. The first kappa shape index (κ1) is 24.3. The van der Waals surface area contributed by atoms with Gasteiger partial charge in [0.2, 0.25) is 0 Å². The van der Waals surface area contributed by atoms with Crippen LogP contribution in [-0.2, 0) is 0 Å². The predicted octanol–water partition coefficient (Wildman–Crippen LogP) is 4.38. The van der Waals surface area contributed by atoms with E-state index in [9.17, 15) is 0 Å². The van der Waals surface area contributed by atoms with E-state index in [0.29, 0.717) is 19.1 Å². The van der Waals surface area contributed by atoms with Crippen molar-refractivity contribution >= 4 is 41.3 Å². The molecule has 2 aromatic carbocycles. The fourth-order valence-electron chi connectivity index (χ4n) is 4.00. The van der Waals surface area contributed by atoms with Crippen molar-refractivity contribution in [2.45, 2.75) is 19.8 Å². The molecule has 0 bridgehead atoms. The Kier molecular flexibility index (Phi) is 9.13. The van der Waals surface area contributed by atoms with E-state index in [2.05, 4.69) is 34.6 Å². The summed E-state index contributed by atoms with van der Waals surface area (Å²) in [6.45, 7) is 7.01. The van der Waals surface area contributed by atoms with E-state index in [4.69, 9.17) is 19.2 Å². The number of anilines is 2. The van der Waals surface area contributed by atoms with Crippen LogP contribution >= 0.6 is 24.0 Å². The van der Waals surface area contributed by atoms with Crippen molar-refractivity contribution in [3.8, 4) is 17.2 Å². The summed E-state index contributed by atoms with van der Waals surface area (Å²) in [6, 6.07) is 14.1. The number of halogens is 1. The average molecular weight is 552 g/mol. The van der Waals surface area contributed by atoms with Crippen molar-refractivity contribution in [2.24, 2.45) is 10.9 Å². The summed E-state index contributed by atoms with van der Waals surface area (Å²) >= 11 is 0. The monoisotopic (exact) mass is 552 g/mol. The number of guanidine groups is 1. The maximum atomic E-state index is 5.80. The topological polar surface area (TPSA) is 67.4 Å². The van der Waals surface area contributed by atoms with E-state index in [1.807, 2.05) is 30.3 Å². The zero-order valence-corrected chi connectivity index (χ0v) is 21.1. The highest BCUT2D eigenvalue weighted by Gasteiger charge is 2.24. The summed E-state index contributed by atoms with van der Waals surface area (Å²) < 4.78 is 17.1. The predicted molar refractivity (Wildman–Crippen MR) is 140 cm³/mol. The molecule has 4 rings (SSSR count). The Balaban J connectivity index is 0.00000289. The smallest absolute Gasteiger partial charge is 0.195 e. The number of ether oxygens (including phenoxy) is 3. The maximum Gasteiger partial charge on any atom is 0.195 e. The molecule has 2 N–H and O–H groups in total. The molecule has 2 heterocycles. The molecule has 1 saturated heterocycles. The molecule has 174 valence electrons. The van der Waals surface area contributed by atoms with Gasteiger partial charge in [0.15, 0.2) is 17.5 Å². The van der Waals surface area contributed by atoms with Gasteiger partial charge in [-0.3, -0.25) is 4.99 Å². The molecular formula is C24H33IN4O3. The summed E-state index contributed by atoms with van der Waals surface area (Å²) in [5.41, 5.74) is 2.10. The van der Waals surface area contributed by atoms with Gasteiger partial charge in [0.1, 0.15) is 5.75 Å². The number of fused-ring (bicyclic) bond motifs is 1. The summed E-state index contributed by atoms with van der Waals surface area (Å²) in [7, 11) is 1.73. The van der Waals surface area contributed by atoms with Gasteiger partial charge in [-0.1, -0.05) is 12.1 Å². The van der Waals surface area contributed by atoms with Crippen LogP contribution in [0.5, 0.6) is 17.2 Å². The van der Waals surface area contributed by atoms with Crippen molar-refractivity contribution in [3.63, 3.8) is 0 Å². The lowest BCUT2D eigenvalue weighted by Crippen LogP contribution is -2.31. The van der Waals surface area contributed by atoms with Crippen molar-refractivity contribution in [1.82, 2.24) is 5.32 Å². The normalized spacial score (nSPS) is 17.9. The van der Waals surface area contributed by atoms with E-state index >= 15 is 0 Å². The average Bonchev–Trinajstić information content (AvgIpc) is 3.15. The molecule has 8 heteroatoms. The summed E-state index contributed by atoms with van der Waals surface area (Å²) in [4.78, 5) is 7.25.